The third kappa shape index (κ3) is 2.61. The number of carbonyl (C=O) groups is 1. The monoisotopic (exact) mass is 282 g/mol. The van der Waals surface area contributed by atoms with E-state index in [-0.39, 0.29) is 5.56 Å². The van der Waals surface area contributed by atoms with Crippen LogP contribution >= 0.6 is 11.6 Å². The lowest BCUT2D eigenvalue weighted by Crippen LogP contribution is -2.06. The Morgan fingerprint density at radius 2 is 2.16 bits per heavy atom. The summed E-state index contributed by atoms with van der Waals surface area (Å²) in [6.07, 6.45) is 0. The molecule has 0 unspecified atom stereocenters. The summed E-state index contributed by atoms with van der Waals surface area (Å²) in [5.74, 6) is -1.42. The molecule has 0 spiro atoms. The van der Waals surface area contributed by atoms with Crippen LogP contribution in [0, 0.1) is 19.7 Å². The number of carboxylic acid groups (broad SMARTS) is 1. The van der Waals surface area contributed by atoms with Crippen LogP contribution in [0.5, 0.6) is 0 Å². The van der Waals surface area contributed by atoms with Gasteiger partial charge in [-0.15, -0.1) is 0 Å². The number of carboxylic acids is 1. The van der Waals surface area contributed by atoms with E-state index in [1.54, 1.807) is 24.6 Å². The third-order valence-corrected chi connectivity index (χ3v) is 3.28. The number of aromatic nitrogens is 2. The highest BCUT2D eigenvalue weighted by atomic mass is 35.5. The van der Waals surface area contributed by atoms with Crippen LogP contribution in [0.2, 0.25) is 5.02 Å². The molecule has 0 saturated carbocycles. The molecular formula is C13H12ClFN2O2. The van der Waals surface area contributed by atoms with Crippen LogP contribution in [0.4, 0.5) is 4.39 Å². The van der Waals surface area contributed by atoms with Gasteiger partial charge in [-0.1, -0.05) is 17.7 Å². The predicted octanol–water partition coefficient (Wildman–Crippen LogP) is 3.04. The van der Waals surface area contributed by atoms with Crippen LogP contribution in [0.15, 0.2) is 18.2 Å². The van der Waals surface area contributed by atoms with Crippen LogP contribution < -0.4 is 0 Å². The lowest BCUT2D eigenvalue weighted by molar-refractivity contribution is 0.0695. The predicted molar refractivity (Wildman–Crippen MR) is 69.2 cm³/mol. The van der Waals surface area contributed by atoms with Gasteiger partial charge < -0.3 is 5.11 Å². The van der Waals surface area contributed by atoms with Gasteiger partial charge in [0.05, 0.1) is 17.9 Å². The molecule has 2 aromatic rings. The molecule has 100 valence electrons. The lowest BCUT2D eigenvalue weighted by atomic mass is 10.2. The normalized spacial score (nSPS) is 10.7. The Hall–Kier alpha value is -1.88. The van der Waals surface area contributed by atoms with Gasteiger partial charge in [-0.25, -0.2) is 9.18 Å². The van der Waals surface area contributed by atoms with Crippen LogP contribution in [0.3, 0.4) is 0 Å². The number of aromatic carboxylic acids is 1. The second-order valence-corrected chi connectivity index (χ2v) is 4.65. The fourth-order valence-electron chi connectivity index (χ4n) is 1.97. The maximum Gasteiger partial charge on any atom is 0.339 e. The first-order valence-corrected chi connectivity index (χ1v) is 5.99. The van der Waals surface area contributed by atoms with E-state index >= 15 is 0 Å². The summed E-state index contributed by atoms with van der Waals surface area (Å²) in [5, 5.41) is 13.6. The fourth-order valence-corrected chi connectivity index (χ4v) is 2.20. The van der Waals surface area contributed by atoms with Crippen molar-refractivity contribution in [3.63, 3.8) is 0 Å². The molecule has 1 aromatic heterocycles. The van der Waals surface area contributed by atoms with Gasteiger partial charge in [0, 0.05) is 5.02 Å². The van der Waals surface area contributed by atoms with E-state index in [1.807, 2.05) is 0 Å². The van der Waals surface area contributed by atoms with Crippen LogP contribution in [0.1, 0.15) is 27.3 Å². The Bertz CT molecular complexity index is 652. The molecule has 0 amide bonds. The molecule has 1 heterocycles. The smallest absolute Gasteiger partial charge is 0.339 e. The zero-order chi connectivity index (χ0) is 14.2. The minimum Gasteiger partial charge on any atom is -0.478 e. The Labute approximate surface area is 114 Å². The number of hydrogen-bond donors (Lipinski definition) is 1. The van der Waals surface area contributed by atoms with Gasteiger partial charge in [-0.3, -0.25) is 4.68 Å². The van der Waals surface area contributed by atoms with Gasteiger partial charge in [0.1, 0.15) is 11.4 Å². The average molecular weight is 283 g/mol. The fraction of sp³-hybridized carbons (Fsp3) is 0.231. The minimum absolute atomic E-state index is 0.193. The van der Waals surface area contributed by atoms with E-state index in [0.29, 0.717) is 28.5 Å². The van der Waals surface area contributed by atoms with Crippen LogP contribution in [0.25, 0.3) is 0 Å². The number of hydrogen-bond acceptors (Lipinski definition) is 2. The topological polar surface area (TPSA) is 55.1 Å². The minimum atomic E-state index is -1.01. The van der Waals surface area contributed by atoms with Gasteiger partial charge in [0.15, 0.2) is 0 Å². The molecular weight excluding hydrogens is 271 g/mol. The molecule has 0 aliphatic rings. The molecule has 0 radical (unpaired) electrons. The molecule has 0 saturated heterocycles. The first-order chi connectivity index (χ1) is 8.90. The highest BCUT2D eigenvalue weighted by Gasteiger charge is 2.18. The number of aryl methyl sites for hydroxylation is 1. The zero-order valence-corrected chi connectivity index (χ0v) is 11.2. The summed E-state index contributed by atoms with van der Waals surface area (Å²) in [6, 6.07) is 4.10. The first-order valence-electron chi connectivity index (χ1n) is 5.61. The van der Waals surface area contributed by atoms with E-state index in [1.165, 1.54) is 12.1 Å². The van der Waals surface area contributed by atoms with E-state index in [9.17, 15) is 9.18 Å². The molecule has 0 fully saturated rings. The van der Waals surface area contributed by atoms with Crippen molar-refractivity contribution in [2.24, 2.45) is 0 Å². The molecule has 0 aliphatic carbocycles. The molecule has 19 heavy (non-hydrogen) atoms. The van der Waals surface area contributed by atoms with Crippen LogP contribution in [-0.2, 0) is 6.54 Å². The lowest BCUT2D eigenvalue weighted by Gasteiger charge is -2.07. The van der Waals surface area contributed by atoms with Crippen LogP contribution in [-0.4, -0.2) is 20.9 Å². The Kier molecular flexibility index (Phi) is 3.57. The summed E-state index contributed by atoms with van der Waals surface area (Å²) < 4.78 is 14.5. The van der Waals surface area contributed by atoms with E-state index in [2.05, 4.69) is 5.10 Å². The maximum atomic E-state index is 13.0. The van der Waals surface area contributed by atoms with Crippen molar-refractivity contribution in [1.29, 1.82) is 0 Å². The summed E-state index contributed by atoms with van der Waals surface area (Å²) in [4.78, 5) is 11.1. The summed E-state index contributed by atoms with van der Waals surface area (Å²) in [5.41, 5.74) is 1.87. The molecule has 0 aliphatic heterocycles. The molecule has 2 rings (SSSR count). The Morgan fingerprint density at radius 1 is 1.47 bits per heavy atom. The molecule has 1 N–H and O–H groups in total. The largest absolute Gasteiger partial charge is 0.478 e. The Morgan fingerprint density at radius 3 is 2.68 bits per heavy atom. The SMILES string of the molecule is Cc1nn(Cc2ccc(F)cc2Cl)c(C)c1C(=O)O. The molecule has 0 bridgehead atoms. The van der Waals surface area contributed by atoms with Crippen molar-refractivity contribution in [1.82, 2.24) is 9.78 Å². The van der Waals surface area contributed by atoms with Gasteiger partial charge in [0.25, 0.3) is 0 Å². The standard InChI is InChI=1S/C13H12ClFN2O2/c1-7-12(13(18)19)8(2)17(16-7)6-9-3-4-10(15)5-11(9)14/h3-5H,6H2,1-2H3,(H,18,19). The van der Waals surface area contributed by atoms with Crippen molar-refractivity contribution < 1.29 is 14.3 Å². The maximum absolute atomic E-state index is 13.0. The summed E-state index contributed by atoms with van der Waals surface area (Å²) >= 11 is 5.94. The van der Waals surface area contributed by atoms with Crippen molar-refractivity contribution >= 4 is 17.6 Å². The second-order valence-electron chi connectivity index (χ2n) is 4.24. The zero-order valence-electron chi connectivity index (χ0n) is 10.4. The van der Waals surface area contributed by atoms with E-state index in [4.69, 9.17) is 16.7 Å². The van der Waals surface area contributed by atoms with Crippen molar-refractivity contribution in [2.45, 2.75) is 20.4 Å². The summed E-state index contributed by atoms with van der Waals surface area (Å²) in [7, 11) is 0. The van der Waals surface area contributed by atoms with E-state index in [0.717, 1.165) is 0 Å². The number of nitrogens with zero attached hydrogens (tertiary/aromatic N) is 2. The van der Waals surface area contributed by atoms with Crippen molar-refractivity contribution in [3.8, 4) is 0 Å². The number of halogens is 2. The Balaban J connectivity index is 2.39. The quantitative estimate of drug-likeness (QED) is 0.941. The van der Waals surface area contributed by atoms with Gasteiger partial charge in [0.2, 0.25) is 0 Å². The third-order valence-electron chi connectivity index (χ3n) is 2.93. The highest BCUT2D eigenvalue weighted by Crippen LogP contribution is 2.20. The van der Waals surface area contributed by atoms with Gasteiger partial charge in [-0.2, -0.15) is 5.10 Å². The van der Waals surface area contributed by atoms with E-state index < -0.39 is 11.8 Å². The first kappa shape index (κ1) is 13.5. The second kappa shape index (κ2) is 5.01. The average Bonchev–Trinajstić information content (AvgIpc) is 2.58. The molecule has 6 heteroatoms. The molecule has 1 aromatic carbocycles. The van der Waals surface area contributed by atoms with Gasteiger partial charge in [-0.05, 0) is 31.5 Å². The highest BCUT2D eigenvalue weighted by molar-refractivity contribution is 6.31. The molecule has 0 atom stereocenters. The van der Waals surface area contributed by atoms with Gasteiger partial charge >= 0.3 is 5.97 Å². The summed E-state index contributed by atoms with van der Waals surface area (Å²) in [6.45, 7) is 3.62. The van der Waals surface area contributed by atoms with Crippen molar-refractivity contribution in [2.75, 3.05) is 0 Å². The number of benzene rings is 1. The van der Waals surface area contributed by atoms with Crippen molar-refractivity contribution in [3.05, 3.63) is 51.6 Å². The molecule has 4 nitrogen and oxygen atoms in total. The number of rotatable bonds is 3.